The van der Waals surface area contributed by atoms with Crippen LogP contribution in [0.3, 0.4) is 0 Å². The molecule has 5 heteroatoms. The second kappa shape index (κ2) is 6.82. The van der Waals surface area contributed by atoms with E-state index in [4.69, 9.17) is 4.74 Å². The van der Waals surface area contributed by atoms with Gasteiger partial charge in [0.25, 0.3) is 0 Å². The molecule has 27 heavy (non-hydrogen) atoms. The van der Waals surface area contributed by atoms with Crippen molar-refractivity contribution in [2.75, 3.05) is 13.1 Å². The number of rotatable bonds is 3. The summed E-state index contributed by atoms with van der Waals surface area (Å²) in [7, 11) is 0. The van der Waals surface area contributed by atoms with Gasteiger partial charge in [-0.05, 0) is 69.1 Å². The lowest BCUT2D eigenvalue weighted by Crippen LogP contribution is -2.43. The number of halogens is 1. The molecule has 1 saturated heterocycles. The summed E-state index contributed by atoms with van der Waals surface area (Å²) in [5.74, 6) is 0.270. The number of carbonyl (C=O) groups is 1. The number of benzene rings is 1. The minimum Gasteiger partial charge on any atom is -0.444 e. The van der Waals surface area contributed by atoms with Gasteiger partial charge < -0.3 is 9.64 Å². The van der Waals surface area contributed by atoms with Gasteiger partial charge >= 0.3 is 6.09 Å². The topological polar surface area (TPSA) is 53.3 Å². The van der Waals surface area contributed by atoms with Gasteiger partial charge in [0.2, 0.25) is 0 Å². The zero-order chi connectivity index (χ0) is 20.0. The number of piperidine rings is 1. The van der Waals surface area contributed by atoms with Gasteiger partial charge in [-0.3, -0.25) is 0 Å². The predicted octanol–water partition coefficient (Wildman–Crippen LogP) is 4.79. The molecule has 1 aliphatic heterocycles. The van der Waals surface area contributed by atoms with Gasteiger partial charge in [0.15, 0.2) is 0 Å². The Morgan fingerprint density at radius 1 is 1.44 bits per heavy atom. The van der Waals surface area contributed by atoms with Crippen LogP contribution in [-0.2, 0) is 16.6 Å². The maximum absolute atomic E-state index is 14.6. The fraction of sp³-hybridized carbons (Fsp3) is 0.636. The van der Waals surface area contributed by atoms with Crippen molar-refractivity contribution in [1.29, 1.82) is 5.26 Å². The van der Waals surface area contributed by atoms with Crippen molar-refractivity contribution in [3.63, 3.8) is 0 Å². The van der Waals surface area contributed by atoms with Crippen molar-refractivity contribution < 1.29 is 13.9 Å². The third-order valence-electron chi connectivity index (χ3n) is 5.59. The molecule has 0 spiro atoms. The molecule has 146 valence electrons. The Morgan fingerprint density at radius 3 is 2.70 bits per heavy atom. The first kappa shape index (κ1) is 19.7. The summed E-state index contributed by atoms with van der Waals surface area (Å²) in [6, 6.07) is 5.62. The van der Waals surface area contributed by atoms with Crippen LogP contribution in [0.1, 0.15) is 64.2 Å². The molecule has 1 aliphatic carbocycles. The van der Waals surface area contributed by atoms with Crippen LogP contribution >= 0.6 is 0 Å². The lowest BCUT2D eigenvalue weighted by Gasteiger charge is -2.34. The average molecular weight is 372 g/mol. The van der Waals surface area contributed by atoms with E-state index in [1.54, 1.807) is 4.90 Å². The molecule has 1 saturated carbocycles. The van der Waals surface area contributed by atoms with E-state index in [2.05, 4.69) is 19.9 Å². The van der Waals surface area contributed by atoms with E-state index < -0.39 is 11.4 Å². The zero-order valence-corrected chi connectivity index (χ0v) is 16.9. The van der Waals surface area contributed by atoms with Gasteiger partial charge in [-0.1, -0.05) is 19.9 Å². The number of nitriles is 1. The van der Waals surface area contributed by atoms with Crippen molar-refractivity contribution in [2.24, 2.45) is 11.8 Å². The largest absolute Gasteiger partial charge is 0.444 e. The Morgan fingerprint density at radius 2 is 2.15 bits per heavy atom. The number of hydrogen-bond acceptors (Lipinski definition) is 3. The van der Waals surface area contributed by atoms with E-state index >= 15 is 0 Å². The minimum absolute atomic E-state index is 0.169. The Balaban J connectivity index is 1.82. The van der Waals surface area contributed by atoms with Crippen molar-refractivity contribution in [3.8, 4) is 6.07 Å². The van der Waals surface area contributed by atoms with Gasteiger partial charge in [0, 0.05) is 18.5 Å². The molecule has 2 aliphatic rings. The van der Waals surface area contributed by atoms with Crippen molar-refractivity contribution in [2.45, 2.75) is 64.9 Å². The molecule has 1 amide bonds. The van der Waals surface area contributed by atoms with Crippen LogP contribution in [0.2, 0.25) is 0 Å². The van der Waals surface area contributed by atoms with Crippen molar-refractivity contribution in [1.82, 2.24) is 4.90 Å². The maximum Gasteiger partial charge on any atom is 0.410 e. The van der Waals surface area contributed by atoms with Crippen LogP contribution in [0.5, 0.6) is 0 Å². The van der Waals surface area contributed by atoms with Crippen molar-refractivity contribution >= 4 is 6.09 Å². The molecular weight excluding hydrogens is 343 g/mol. The molecule has 1 aromatic rings. The molecule has 1 heterocycles. The molecule has 2 unspecified atom stereocenters. The quantitative estimate of drug-likeness (QED) is 0.766. The number of hydrogen-bond donors (Lipinski definition) is 0. The highest BCUT2D eigenvalue weighted by atomic mass is 19.1. The third-order valence-corrected chi connectivity index (χ3v) is 5.59. The molecule has 4 nitrogen and oxygen atoms in total. The smallest absolute Gasteiger partial charge is 0.410 e. The zero-order valence-electron chi connectivity index (χ0n) is 16.9. The second-order valence-electron chi connectivity index (χ2n) is 9.44. The lowest BCUT2D eigenvalue weighted by atomic mass is 9.82. The predicted molar refractivity (Wildman–Crippen MR) is 102 cm³/mol. The second-order valence-corrected chi connectivity index (χ2v) is 9.44. The van der Waals surface area contributed by atoms with Crippen LogP contribution in [0.15, 0.2) is 12.1 Å². The fourth-order valence-corrected chi connectivity index (χ4v) is 4.33. The Labute approximate surface area is 161 Å². The number of ether oxygens (including phenoxy) is 1. The van der Waals surface area contributed by atoms with Crippen LogP contribution in [-0.4, -0.2) is 29.7 Å². The highest BCUT2D eigenvalue weighted by Crippen LogP contribution is 2.60. The molecule has 0 radical (unpaired) electrons. The molecule has 0 N–H and O–H groups in total. The molecule has 2 fully saturated rings. The van der Waals surface area contributed by atoms with Gasteiger partial charge in [-0.25, -0.2) is 9.18 Å². The molecular formula is C22H29FN2O2. The number of carbonyl (C=O) groups excluding carboxylic acids is 1. The monoisotopic (exact) mass is 372 g/mol. The average Bonchev–Trinajstić information content (AvgIpc) is 3.26. The molecule has 2 atom stereocenters. The van der Waals surface area contributed by atoms with Crippen LogP contribution in [0.25, 0.3) is 0 Å². The summed E-state index contributed by atoms with van der Waals surface area (Å²) in [5.41, 5.74) is 1.28. The first-order chi connectivity index (χ1) is 12.6. The van der Waals surface area contributed by atoms with Crippen LogP contribution < -0.4 is 0 Å². The maximum atomic E-state index is 14.6. The van der Waals surface area contributed by atoms with E-state index in [1.165, 1.54) is 6.07 Å². The van der Waals surface area contributed by atoms with E-state index in [0.717, 1.165) is 30.4 Å². The normalized spacial score (nSPS) is 24.4. The van der Waals surface area contributed by atoms with Crippen LogP contribution in [0, 0.1) is 29.0 Å². The molecule has 3 rings (SSSR count). The standard InChI is InChI=1S/C22H29FN2O2/c1-14(2)8-15-9-18(17(12-24)19(23)10-15)22-6-7-25(13-16(22)11-22)20(26)27-21(3,4)5/h9-10,14,16H,6-8,11,13H2,1-5H3. The number of amides is 1. The number of fused-ring (bicyclic) bond motifs is 1. The number of nitrogens with zero attached hydrogens (tertiary/aromatic N) is 2. The third kappa shape index (κ3) is 3.95. The molecule has 0 bridgehead atoms. The minimum atomic E-state index is -0.516. The van der Waals surface area contributed by atoms with Gasteiger partial charge in [0.05, 0.1) is 5.56 Å². The number of likely N-dealkylation sites (tertiary alicyclic amines) is 1. The SMILES string of the molecule is CC(C)Cc1cc(F)c(C#N)c(C23CCN(C(=O)OC(C)(C)C)CC2C3)c1. The Bertz CT molecular complexity index is 791. The van der Waals surface area contributed by atoms with Gasteiger partial charge in [-0.2, -0.15) is 5.26 Å². The summed E-state index contributed by atoms with van der Waals surface area (Å²) < 4.78 is 20.1. The van der Waals surface area contributed by atoms with E-state index in [-0.39, 0.29) is 23.0 Å². The lowest BCUT2D eigenvalue weighted by molar-refractivity contribution is 0.0198. The first-order valence-electron chi connectivity index (χ1n) is 9.76. The molecule has 0 aromatic heterocycles. The summed E-state index contributed by atoms with van der Waals surface area (Å²) >= 11 is 0. The first-order valence-corrected chi connectivity index (χ1v) is 9.76. The van der Waals surface area contributed by atoms with Crippen LogP contribution in [0.4, 0.5) is 9.18 Å². The summed E-state index contributed by atoms with van der Waals surface area (Å²) in [5, 5.41) is 9.53. The highest BCUT2D eigenvalue weighted by molar-refractivity contribution is 5.69. The summed E-state index contributed by atoms with van der Waals surface area (Å²) in [6.45, 7) is 11.0. The van der Waals surface area contributed by atoms with Gasteiger partial charge in [-0.15, -0.1) is 0 Å². The fourth-order valence-electron chi connectivity index (χ4n) is 4.33. The highest BCUT2D eigenvalue weighted by Gasteiger charge is 2.59. The van der Waals surface area contributed by atoms with Gasteiger partial charge in [0.1, 0.15) is 17.5 Å². The van der Waals surface area contributed by atoms with E-state index in [0.29, 0.717) is 19.0 Å². The summed E-state index contributed by atoms with van der Waals surface area (Å²) in [6.07, 6.45) is 2.14. The van der Waals surface area contributed by atoms with E-state index in [9.17, 15) is 14.4 Å². The van der Waals surface area contributed by atoms with E-state index in [1.807, 2.05) is 26.8 Å². The Kier molecular flexibility index (Phi) is 4.96. The summed E-state index contributed by atoms with van der Waals surface area (Å²) in [4.78, 5) is 14.1. The van der Waals surface area contributed by atoms with Crippen molar-refractivity contribution in [3.05, 3.63) is 34.6 Å². The molecule has 1 aromatic carbocycles. The Hall–Kier alpha value is -2.09.